The first kappa shape index (κ1) is 21.6. The summed E-state index contributed by atoms with van der Waals surface area (Å²) in [6, 6.07) is 0. The fourth-order valence-corrected chi connectivity index (χ4v) is 4.22. The summed E-state index contributed by atoms with van der Waals surface area (Å²) in [6.07, 6.45) is -13.3. The molecule has 0 aromatic carbocycles. The van der Waals surface area contributed by atoms with Crippen LogP contribution in [0, 0.1) is 23.7 Å². The van der Waals surface area contributed by atoms with Crippen molar-refractivity contribution in [3.05, 3.63) is 0 Å². The topological polar surface area (TPSA) is 29.5 Å². The number of alkyl halides is 9. The van der Waals surface area contributed by atoms with Crippen LogP contribution in [0.3, 0.4) is 0 Å². The molecule has 2 bridgehead atoms. The minimum absolute atomic E-state index is 0.00777. The Balaban J connectivity index is 2.02. The number of halogens is 9. The van der Waals surface area contributed by atoms with Crippen LogP contribution in [0.1, 0.15) is 26.2 Å². The van der Waals surface area contributed by atoms with Crippen molar-refractivity contribution in [1.82, 2.24) is 0 Å². The number of rotatable bonds is 6. The van der Waals surface area contributed by atoms with E-state index in [1.165, 1.54) is 0 Å². The Morgan fingerprint density at radius 3 is 1.92 bits per heavy atom. The van der Waals surface area contributed by atoms with Gasteiger partial charge in [-0.15, -0.1) is 0 Å². The number of aliphatic hydroxyl groups is 1. The third-order valence-corrected chi connectivity index (χ3v) is 5.72. The molecule has 5 atom stereocenters. The average Bonchev–Trinajstić information content (AvgIpc) is 3.02. The summed E-state index contributed by atoms with van der Waals surface area (Å²) in [5.41, 5.74) is -4.99. The zero-order valence-corrected chi connectivity index (χ0v) is 13.7. The molecule has 2 fully saturated rings. The van der Waals surface area contributed by atoms with Crippen LogP contribution in [-0.2, 0) is 4.74 Å². The standard InChI is InChI=1S/C15H19F9O2/c1-7-9-2-8(10(7)4-12(17,18)5-16)3-11(9)26-6-13(25,14(19,20)21)15(22,23)24/h7-11,25H,2-6H2,1H3/t7?,8?,9?,10?,11-/m1/s1. The van der Waals surface area contributed by atoms with Crippen molar-refractivity contribution >= 4 is 0 Å². The molecule has 0 aromatic heterocycles. The fraction of sp³-hybridized carbons (Fsp3) is 1.00. The largest absolute Gasteiger partial charge is 0.428 e. The number of fused-ring (bicyclic) bond motifs is 2. The number of hydrogen-bond acceptors (Lipinski definition) is 2. The summed E-state index contributed by atoms with van der Waals surface area (Å²) in [6.45, 7) is -2.28. The van der Waals surface area contributed by atoms with E-state index in [0.717, 1.165) is 0 Å². The quantitative estimate of drug-likeness (QED) is 0.663. The molecular weight excluding hydrogens is 383 g/mol. The highest BCUT2D eigenvalue weighted by Crippen LogP contribution is 2.56. The van der Waals surface area contributed by atoms with Crippen LogP contribution in [0.15, 0.2) is 0 Å². The molecule has 26 heavy (non-hydrogen) atoms. The lowest BCUT2D eigenvalue weighted by atomic mass is 9.76. The van der Waals surface area contributed by atoms with Crippen molar-refractivity contribution in [2.24, 2.45) is 23.7 Å². The lowest BCUT2D eigenvalue weighted by Gasteiger charge is -2.37. The molecule has 2 nitrogen and oxygen atoms in total. The molecule has 1 N–H and O–H groups in total. The molecule has 2 saturated carbocycles. The van der Waals surface area contributed by atoms with E-state index in [1.807, 2.05) is 0 Å². The highest BCUT2D eigenvalue weighted by atomic mass is 19.4. The van der Waals surface area contributed by atoms with Crippen LogP contribution in [0.25, 0.3) is 0 Å². The smallest absolute Gasteiger partial charge is 0.374 e. The van der Waals surface area contributed by atoms with E-state index in [2.05, 4.69) is 0 Å². The molecule has 2 rings (SSSR count). The van der Waals surface area contributed by atoms with Crippen molar-refractivity contribution in [2.75, 3.05) is 13.3 Å². The van der Waals surface area contributed by atoms with Crippen LogP contribution in [0.5, 0.6) is 0 Å². The maximum atomic E-state index is 13.3. The Morgan fingerprint density at radius 1 is 0.962 bits per heavy atom. The third-order valence-electron chi connectivity index (χ3n) is 5.72. The maximum absolute atomic E-state index is 13.3. The molecule has 4 unspecified atom stereocenters. The van der Waals surface area contributed by atoms with E-state index >= 15 is 0 Å². The van der Waals surface area contributed by atoms with Gasteiger partial charge in [-0.3, -0.25) is 0 Å². The van der Waals surface area contributed by atoms with Gasteiger partial charge in [0.05, 0.1) is 12.7 Å². The summed E-state index contributed by atoms with van der Waals surface area (Å²) in [5, 5.41) is 9.10. The van der Waals surface area contributed by atoms with Gasteiger partial charge in [0.15, 0.2) is 6.67 Å². The van der Waals surface area contributed by atoms with Gasteiger partial charge < -0.3 is 9.84 Å². The van der Waals surface area contributed by atoms with Gasteiger partial charge in [0.25, 0.3) is 11.5 Å². The molecule has 154 valence electrons. The predicted octanol–water partition coefficient (Wildman–Crippen LogP) is 4.51. The summed E-state index contributed by atoms with van der Waals surface area (Å²) >= 11 is 0. The summed E-state index contributed by atoms with van der Waals surface area (Å²) in [5.74, 6) is -5.43. The summed E-state index contributed by atoms with van der Waals surface area (Å²) in [4.78, 5) is 0. The lowest BCUT2D eigenvalue weighted by Crippen LogP contribution is -2.60. The molecule has 0 heterocycles. The Morgan fingerprint density at radius 2 is 1.50 bits per heavy atom. The lowest BCUT2D eigenvalue weighted by molar-refractivity contribution is -0.380. The molecule has 0 aromatic rings. The maximum Gasteiger partial charge on any atom is 0.428 e. The van der Waals surface area contributed by atoms with Crippen molar-refractivity contribution < 1.29 is 49.4 Å². The number of hydrogen-bond donors (Lipinski definition) is 1. The molecule has 0 spiro atoms. The van der Waals surface area contributed by atoms with E-state index in [-0.39, 0.29) is 12.3 Å². The Bertz CT molecular complexity index is 486. The highest BCUT2D eigenvalue weighted by Gasteiger charge is 2.71. The fourth-order valence-electron chi connectivity index (χ4n) is 4.22. The molecular formula is C15H19F9O2. The second-order valence-corrected chi connectivity index (χ2v) is 7.32. The first-order valence-corrected chi connectivity index (χ1v) is 8.04. The monoisotopic (exact) mass is 402 g/mol. The normalized spacial score (nSPS) is 33.1. The SMILES string of the molecule is CC1C(CC(F)(F)CF)C2CC1[C@H](OCC(O)(C(F)(F)F)C(F)(F)F)C2. The van der Waals surface area contributed by atoms with Crippen LogP contribution >= 0.6 is 0 Å². The van der Waals surface area contributed by atoms with Gasteiger partial charge in [-0.2, -0.15) is 26.3 Å². The van der Waals surface area contributed by atoms with Crippen LogP contribution < -0.4 is 0 Å². The Labute approximate surface area is 143 Å². The van der Waals surface area contributed by atoms with E-state index in [9.17, 15) is 39.5 Å². The molecule has 11 heteroatoms. The second kappa shape index (κ2) is 6.72. The van der Waals surface area contributed by atoms with Gasteiger partial charge in [-0.1, -0.05) is 6.92 Å². The molecule has 2 aliphatic carbocycles. The van der Waals surface area contributed by atoms with Gasteiger partial charge in [0.2, 0.25) is 0 Å². The molecule has 2 aliphatic rings. The zero-order valence-electron chi connectivity index (χ0n) is 13.7. The van der Waals surface area contributed by atoms with Crippen LogP contribution in [0.2, 0.25) is 0 Å². The minimum Gasteiger partial charge on any atom is -0.374 e. The first-order chi connectivity index (χ1) is 11.6. The number of ether oxygens (including phenoxy) is 1. The molecule has 0 amide bonds. The van der Waals surface area contributed by atoms with E-state index < -0.39 is 67.4 Å². The van der Waals surface area contributed by atoms with Crippen LogP contribution in [0.4, 0.5) is 39.5 Å². The average molecular weight is 402 g/mol. The van der Waals surface area contributed by atoms with E-state index in [1.54, 1.807) is 6.92 Å². The first-order valence-electron chi connectivity index (χ1n) is 8.04. The third kappa shape index (κ3) is 3.79. The zero-order chi connectivity index (χ0) is 20.1. The van der Waals surface area contributed by atoms with Crippen molar-refractivity contribution in [3.63, 3.8) is 0 Å². The Hall–Kier alpha value is -0.710. The minimum atomic E-state index is -5.97. The molecule has 0 saturated heterocycles. The van der Waals surface area contributed by atoms with Crippen molar-refractivity contribution in [2.45, 2.75) is 56.2 Å². The second-order valence-electron chi connectivity index (χ2n) is 7.32. The summed E-state index contributed by atoms with van der Waals surface area (Å²) in [7, 11) is 0. The molecule has 0 radical (unpaired) electrons. The van der Waals surface area contributed by atoms with Gasteiger partial charge >= 0.3 is 12.4 Å². The Kier molecular flexibility index (Phi) is 5.58. The van der Waals surface area contributed by atoms with Gasteiger partial charge in [-0.05, 0) is 36.5 Å². The van der Waals surface area contributed by atoms with Gasteiger partial charge in [0.1, 0.15) is 0 Å². The highest BCUT2D eigenvalue weighted by molar-refractivity contribution is 5.02. The van der Waals surface area contributed by atoms with Gasteiger partial charge in [0, 0.05) is 6.42 Å². The van der Waals surface area contributed by atoms with Gasteiger partial charge in [-0.25, -0.2) is 13.2 Å². The van der Waals surface area contributed by atoms with Crippen LogP contribution in [-0.4, -0.2) is 48.4 Å². The summed E-state index contributed by atoms with van der Waals surface area (Å²) < 4.78 is 120. The van der Waals surface area contributed by atoms with Crippen molar-refractivity contribution in [3.8, 4) is 0 Å². The molecule has 0 aliphatic heterocycles. The van der Waals surface area contributed by atoms with E-state index in [4.69, 9.17) is 9.84 Å². The van der Waals surface area contributed by atoms with E-state index in [0.29, 0.717) is 6.42 Å². The van der Waals surface area contributed by atoms with Crippen molar-refractivity contribution in [1.29, 1.82) is 0 Å². The predicted molar refractivity (Wildman–Crippen MR) is 71.2 cm³/mol.